The van der Waals surface area contributed by atoms with Gasteiger partial charge in [0.15, 0.2) is 0 Å². The third kappa shape index (κ3) is 2.56. The van der Waals surface area contributed by atoms with Crippen LogP contribution in [0.4, 0.5) is 5.95 Å². The molecule has 2 aromatic rings. The predicted molar refractivity (Wildman–Crippen MR) is 73.8 cm³/mol. The molecule has 1 fully saturated rings. The predicted octanol–water partition coefficient (Wildman–Crippen LogP) is 3.46. The van der Waals surface area contributed by atoms with Crippen molar-refractivity contribution in [1.82, 2.24) is 14.5 Å². The van der Waals surface area contributed by atoms with Crippen LogP contribution < -0.4 is 5.32 Å². The lowest BCUT2D eigenvalue weighted by Crippen LogP contribution is -2.15. The van der Waals surface area contributed by atoms with Crippen molar-refractivity contribution in [1.29, 1.82) is 0 Å². The van der Waals surface area contributed by atoms with E-state index in [9.17, 15) is 0 Å². The maximum atomic E-state index is 4.42. The first-order chi connectivity index (χ1) is 8.93. The number of rotatable bonds is 4. The maximum Gasteiger partial charge on any atom is 0.203 e. The molecule has 0 aromatic carbocycles. The number of nitrogens with one attached hydrogen (secondary N) is 1. The molecule has 0 unspecified atom stereocenters. The first-order valence-electron chi connectivity index (χ1n) is 6.58. The van der Waals surface area contributed by atoms with Gasteiger partial charge in [-0.15, -0.1) is 11.3 Å². The second-order valence-corrected chi connectivity index (χ2v) is 5.71. The summed E-state index contributed by atoms with van der Waals surface area (Å²) < 4.78 is 2.30. The highest BCUT2D eigenvalue weighted by Crippen LogP contribution is 2.30. The van der Waals surface area contributed by atoms with Gasteiger partial charge in [-0.1, -0.05) is 19.3 Å². The first kappa shape index (κ1) is 11.7. The molecule has 0 radical (unpaired) electrons. The largest absolute Gasteiger partial charge is 0.349 e. The average molecular weight is 262 g/mol. The van der Waals surface area contributed by atoms with E-state index >= 15 is 0 Å². The standard InChI is InChI=1S/C13H18N4S/c1-2-4-11(5-3-1)17-8-6-15-13(17)16-10-12-14-7-9-18-12/h6-9,11H,1-5,10H2,(H,15,16). The van der Waals surface area contributed by atoms with Gasteiger partial charge >= 0.3 is 0 Å². The average Bonchev–Trinajstić information content (AvgIpc) is 3.09. The van der Waals surface area contributed by atoms with Crippen LogP contribution in [0.15, 0.2) is 24.0 Å². The Kier molecular flexibility index (Phi) is 3.59. The quantitative estimate of drug-likeness (QED) is 0.917. The Morgan fingerprint density at radius 2 is 2.11 bits per heavy atom. The molecule has 96 valence electrons. The highest BCUT2D eigenvalue weighted by molar-refractivity contribution is 7.09. The fraction of sp³-hybridized carbons (Fsp3) is 0.538. The van der Waals surface area contributed by atoms with Gasteiger partial charge in [0.25, 0.3) is 0 Å². The van der Waals surface area contributed by atoms with E-state index in [1.807, 2.05) is 17.8 Å². The summed E-state index contributed by atoms with van der Waals surface area (Å²) in [5.41, 5.74) is 0. The minimum Gasteiger partial charge on any atom is -0.349 e. The molecule has 2 aromatic heterocycles. The van der Waals surface area contributed by atoms with Gasteiger partial charge in [-0.3, -0.25) is 0 Å². The number of anilines is 1. The smallest absolute Gasteiger partial charge is 0.203 e. The Bertz CT molecular complexity index is 471. The molecule has 4 nitrogen and oxygen atoms in total. The molecule has 0 saturated heterocycles. The molecule has 18 heavy (non-hydrogen) atoms. The Morgan fingerprint density at radius 1 is 1.22 bits per heavy atom. The zero-order valence-corrected chi connectivity index (χ0v) is 11.2. The van der Waals surface area contributed by atoms with Crippen molar-refractivity contribution in [3.8, 4) is 0 Å². The van der Waals surface area contributed by atoms with Gasteiger partial charge in [-0.2, -0.15) is 0 Å². The van der Waals surface area contributed by atoms with Crippen LogP contribution in [0, 0.1) is 0 Å². The summed E-state index contributed by atoms with van der Waals surface area (Å²) in [4.78, 5) is 8.70. The number of thiazole rings is 1. The van der Waals surface area contributed by atoms with Crippen molar-refractivity contribution >= 4 is 17.3 Å². The summed E-state index contributed by atoms with van der Waals surface area (Å²) in [5.74, 6) is 0.983. The molecule has 0 spiro atoms. The first-order valence-corrected chi connectivity index (χ1v) is 7.46. The Labute approximate surface area is 111 Å². The summed E-state index contributed by atoms with van der Waals surface area (Å²) in [6, 6.07) is 0.625. The summed E-state index contributed by atoms with van der Waals surface area (Å²) in [5, 5.41) is 6.50. The lowest BCUT2D eigenvalue weighted by Gasteiger charge is -2.24. The van der Waals surface area contributed by atoms with Gasteiger partial charge in [0.05, 0.1) is 6.54 Å². The minimum absolute atomic E-state index is 0.625. The number of hydrogen-bond acceptors (Lipinski definition) is 4. The van der Waals surface area contributed by atoms with E-state index < -0.39 is 0 Å². The van der Waals surface area contributed by atoms with Gasteiger partial charge in [0.1, 0.15) is 5.01 Å². The van der Waals surface area contributed by atoms with E-state index in [0.29, 0.717) is 6.04 Å². The summed E-state index contributed by atoms with van der Waals surface area (Å²) in [6.07, 6.45) is 12.5. The summed E-state index contributed by atoms with van der Waals surface area (Å²) in [7, 11) is 0. The molecule has 1 aliphatic rings. The SMILES string of the molecule is c1csc(CNc2nccn2C2CCCCC2)n1. The zero-order chi connectivity index (χ0) is 12.2. The molecule has 5 heteroatoms. The monoisotopic (exact) mass is 262 g/mol. The van der Waals surface area contributed by atoms with E-state index in [1.165, 1.54) is 32.1 Å². The van der Waals surface area contributed by atoms with Crippen LogP contribution in [-0.2, 0) is 6.54 Å². The van der Waals surface area contributed by atoms with Crippen LogP contribution in [0.3, 0.4) is 0 Å². The van der Waals surface area contributed by atoms with Crippen molar-refractivity contribution in [2.75, 3.05) is 5.32 Å². The van der Waals surface area contributed by atoms with Crippen LogP contribution in [0.1, 0.15) is 43.2 Å². The van der Waals surface area contributed by atoms with E-state index in [4.69, 9.17) is 0 Å². The van der Waals surface area contributed by atoms with E-state index in [1.54, 1.807) is 11.3 Å². The fourth-order valence-corrected chi connectivity index (χ4v) is 3.15. The molecule has 1 aliphatic carbocycles. The van der Waals surface area contributed by atoms with Crippen LogP contribution in [0.25, 0.3) is 0 Å². The molecule has 0 aliphatic heterocycles. The summed E-state index contributed by atoms with van der Waals surface area (Å²) in [6.45, 7) is 0.765. The van der Waals surface area contributed by atoms with Crippen molar-refractivity contribution in [3.05, 3.63) is 29.0 Å². The van der Waals surface area contributed by atoms with Crippen LogP contribution in [0.5, 0.6) is 0 Å². The van der Waals surface area contributed by atoms with Gasteiger partial charge in [0.2, 0.25) is 5.95 Å². The molecule has 0 atom stereocenters. The maximum absolute atomic E-state index is 4.42. The van der Waals surface area contributed by atoms with E-state index in [2.05, 4.69) is 26.0 Å². The minimum atomic E-state index is 0.625. The molecule has 1 saturated carbocycles. The molecule has 0 amide bonds. The lowest BCUT2D eigenvalue weighted by atomic mass is 9.95. The second kappa shape index (κ2) is 5.52. The molecule has 1 N–H and O–H groups in total. The third-order valence-electron chi connectivity index (χ3n) is 3.52. The Balaban J connectivity index is 1.67. The molecule has 3 rings (SSSR count). The molecular weight excluding hydrogens is 244 g/mol. The topological polar surface area (TPSA) is 42.7 Å². The van der Waals surface area contributed by atoms with Gasteiger partial charge in [-0.05, 0) is 12.8 Å². The lowest BCUT2D eigenvalue weighted by molar-refractivity contribution is 0.356. The van der Waals surface area contributed by atoms with Crippen LogP contribution >= 0.6 is 11.3 Å². The molecule has 0 bridgehead atoms. The Hall–Kier alpha value is -1.36. The van der Waals surface area contributed by atoms with Crippen molar-refractivity contribution in [2.24, 2.45) is 0 Å². The van der Waals surface area contributed by atoms with Crippen molar-refractivity contribution < 1.29 is 0 Å². The zero-order valence-electron chi connectivity index (χ0n) is 10.4. The normalized spacial score (nSPS) is 16.9. The summed E-state index contributed by atoms with van der Waals surface area (Å²) >= 11 is 1.68. The van der Waals surface area contributed by atoms with E-state index in [-0.39, 0.29) is 0 Å². The second-order valence-electron chi connectivity index (χ2n) is 4.73. The molecular formula is C13H18N4S. The number of nitrogens with zero attached hydrogens (tertiary/aromatic N) is 3. The fourth-order valence-electron chi connectivity index (χ4n) is 2.60. The Morgan fingerprint density at radius 3 is 2.89 bits per heavy atom. The van der Waals surface area contributed by atoms with Crippen LogP contribution in [-0.4, -0.2) is 14.5 Å². The number of aromatic nitrogens is 3. The highest BCUT2D eigenvalue weighted by atomic mass is 32.1. The van der Waals surface area contributed by atoms with Gasteiger partial charge in [-0.25, -0.2) is 9.97 Å². The highest BCUT2D eigenvalue weighted by Gasteiger charge is 2.17. The number of imidazole rings is 1. The van der Waals surface area contributed by atoms with Gasteiger partial charge < -0.3 is 9.88 Å². The van der Waals surface area contributed by atoms with Crippen molar-refractivity contribution in [2.45, 2.75) is 44.7 Å². The van der Waals surface area contributed by atoms with Crippen LogP contribution in [0.2, 0.25) is 0 Å². The van der Waals surface area contributed by atoms with Crippen molar-refractivity contribution in [3.63, 3.8) is 0 Å². The molecule has 2 heterocycles. The number of hydrogen-bond donors (Lipinski definition) is 1. The van der Waals surface area contributed by atoms with E-state index in [0.717, 1.165) is 17.5 Å². The van der Waals surface area contributed by atoms with Gasteiger partial charge in [0, 0.05) is 30.0 Å². The third-order valence-corrected chi connectivity index (χ3v) is 4.30.